The van der Waals surface area contributed by atoms with E-state index in [-0.39, 0.29) is 9.90 Å². The first-order chi connectivity index (χ1) is 8.74. The van der Waals surface area contributed by atoms with Crippen molar-refractivity contribution in [1.82, 2.24) is 0 Å². The minimum absolute atomic E-state index is 0. The Balaban J connectivity index is 0. The second-order valence-electron chi connectivity index (χ2n) is 5.70. The van der Waals surface area contributed by atoms with Crippen LogP contribution in [0.2, 0.25) is 18.1 Å². The van der Waals surface area contributed by atoms with E-state index < -0.39 is 8.32 Å². The maximum Gasteiger partial charge on any atom is 0.192 e. The van der Waals surface area contributed by atoms with Gasteiger partial charge in [-0.15, -0.1) is 0 Å². The maximum atomic E-state index is 6.52. The van der Waals surface area contributed by atoms with Crippen LogP contribution in [-0.2, 0) is 4.43 Å². The Morgan fingerprint density at radius 2 is 1.00 bits per heavy atom. The molecule has 0 spiro atoms. The Hall–Kier alpha value is 0.607. The van der Waals surface area contributed by atoms with Gasteiger partial charge in [-0.1, -0.05) is 72.6 Å². The molecule has 0 saturated heterocycles. The standard InChI is InChI=1S/C16H36OSi.H3P/c1-5-9-13-17-18(14-10-6-2,15-11-7-3)16-12-8-4;/h5-16H2,1-4H3;1H3. The summed E-state index contributed by atoms with van der Waals surface area (Å²) in [6.07, 6.45) is 10.6. The molecule has 0 N–H and O–H groups in total. The number of hydrogen-bond acceptors (Lipinski definition) is 1. The molecular formula is C16H39OPSi. The third-order valence-electron chi connectivity index (χ3n) is 3.86. The van der Waals surface area contributed by atoms with E-state index in [1.54, 1.807) is 0 Å². The van der Waals surface area contributed by atoms with Crippen molar-refractivity contribution in [2.45, 2.75) is 97.2 Å². The monoisotopic (exact) mass is 306 g/mol. The van der Waals surface area contributed by atoms with Crippen molar-refractivity contribution >= 4 is 18.2 Å². The van der Waals surface area contributed by atoms with Gasteiger partial charge in [-0.3, -0.25) is 0 Å². The van der Waals surface area contributed by atoms with Crippen molar-refractivity contribution in [3.05, 3.63) is 0 Å². The van der Waals surface area contributed by atoms with E-state index in [2.05, 4.69) is 27.7 Å². The lowest BCUT2D eigenvalue weighted by molar-refractivity contribution is 0.286. The topological polar surface area (TPSA) is 9.23 Å². The van der Waals surface area contributed by atoms with Crippen LogP contribution in [0, 0.1) is 0 Å². The Morgan fingerprint density at radius 3 is 1.32 bits per heavy atom. The van der Waals surface area contributed by atoms with E-state index in [1.807, 2.05) is 0 Å². The first kappa shape index (κ1) is 21.9. The summed E-state index contributed by atoms with van der Waals surface area (Å²) in [6, 6.07) is 4.23. The molecule has 0 rings (SSSR count). The zero-order valence-electron chi connectivity index (χ0n) is 14.1. The van der Waals surface area contributed by atoms with E-state index in [4.69, 9.17) is 4.43 Å². The van der Waals surface area contributed by atoms with Gasteiger partial charge in [-0.05, 0) is 24.6 Å². The summed E-state index contributed by atoms with van der Waals surface area (Å²) in [7, 11) is -1.40. The van der Waals surface area contributed by atoms with E-state index in [9.17, 15) is 0 Å². The third-order valence-corrected chi connectivity index (χ3v) is 8.47. The molecule has 0 saturated carbocycles. The van der Waals surface area contributed by atoms with Crippen LogP contribution in [0.1, 0.15) is 79.1 Å². The maximum absolute atomic E-state index is 6.52. The molecule has 0 aliphatic carbocycles. The van der Waals surface area contributed by atoms with E-state index in [0.717, 1.165) is 6.61 Å². The molecule has 0 aromatic heterocycles. The van der Waals surface area contributed by atoms with Gasteiger partial charge in [0.25, 0.3) is 0 Å². The molecule has 0 bridgehead atoms. The fourth-order valence-electron chi connectivity index (χ4n) is 2.52. The quantitative estimate of drug-likeness (QED) is 0.223. The molecule has 0 fully saturated rings. The highest BCUT2D eigenvalue weighted by molar-refractivity contribution is 6.92. The second kappa shape index (κ2) is 15.0. The first-order valence-electron chi connectivity index (χ1n) is 8.38. The van der Waals surface area contributed by atoms with Gasteiger partial charge in [0.15, 0.2) is 8.32 Å². The summed E-state index contributed by atoms with van der Waals surface area (Å²) in [5.74, 6) is 0. The van der Waals surface area contributed by atoms with Gasteiger partial charge in [-0.25, -0.2) is 0 Å². The highest BCUT2D eigenvalue weighted by Gasteiger charge is 2.32. The highest BCUT2D eigenvalue weighted by atomic mass is 31.0. The molecule has 118 valence electrons. The van der Waals surface area contributed by atoms with Crippen molar-refractivity contribution in [3.63, 3.8) is 0 Å². The molecule has 1 atom stereocenters. The van der Waals surface area contributed by atoms with Crippen molar-refractivity contribution in [2.24, 2.45) is 0 Å². The number of hydrogen-bond donors (Lipinski definition) is 0. The van der Waals surface area contributed by atoms with Crippen molar-refractivity contribution in [1.29, 1.82) is 0 Å². The van der Waals surface area contributed by atoms with Crippen LogP contribution in [0.4, 0.5) is 0 Å². The van der Waals surface area contributed by atoms with Gasteiger partial charge >= 0.3 is 0 Å². The lowest BCUT2D eigenvalue weighted by atomic mass is 10.4. The predicted octanol–water partition coefficient (Wildman–Crippen LogP) is 6.21. The van der Waals surface area contributed by atoms with E-state index >= 15 is 0 Å². The Kier molecular flexibility index (Phi) is 17.3. The molecule has 0 aliphatic rings. The SMILES string of the molecule is CCCCO[Si](CCCC)(CCCC)CCCC.P. The lowest BCUT2D eigenvalue weighted by Crippen LogP contribution is -2.38. The molecule has 0 heterocycles. The second-order valence-corrected chi connectivity index (χ2v) is 9.85. The van der Waals surface area contributed by atoms with E-state index in [1.165, 1.54) is 69.5 Å². The molecule has 3 heteroatoms. The van der Waals surface area contributed by atoms with Gasteiger partial charge in [-0.2, -0.15) is 9.90 Å². The van der Waals surface area contributed by atoms with Crippen molar-refractivity contribution in [3.8, 4) is 0 Å². The molecule has 1 unspecified atom stereocenters. The normalized spacial score (nSPS) is 11.4. The van der Waals surface area contributed by atoms with Crippen molar-refractivity contribution in [2.75, 3.05) is 6.61 Å². The predicted molar refractivity (Wildman–Crippen MR) is 96.9 cm³/mol. The summed E-state index contributed by atoms with van der Waals surface area (Å²) in [6.45, 7) is 10.2. The van der Waals surface area contributed by atoms with Crippen LogP contribution >= 0.6 is 9.90 Å². The van der Waals surface area contributed by atoms with Crippen LogP contribution in [-0.4, -0.2) is 14.9 Å². The molecular weight excluding hydrogens is 267 g/mol. The molecule has 0 aliphatic heterocycles. The summed E-state index contributed by atoms with van der Waals surface area (Å²) in [5, 5.41) is 0. The average Bonchev–Trinajstić information content (AvgIpc) is 2.40. The average molecular weight is 307 g/mol. The van der Waals surface area contributed by atoms with Gasteiger partial charge in [0.1, 0.15) is 0 Å². The summed E-state index contributed by atoms with van der Waals surface area (Å²) < 4.78 is 6.52. The fraction of sp³-hybridized carbons (Fsp3) is 1.00. The van der Waals surface area contributed by atoms with Gasteiger partial charge < -0.3 is 4.43 Å². The Labute approximate surface area is 127 Å². The number of rotatable bonds is 13. The fourth-order valence-corrected chi connectivity index (χ4v) is 7.28. The number of unbranched alkanes of at least 4 members (excludes halogenated alkanes) is 4. The van der Waals surface area contributed by atoms with Gasteiger partial charge in [0.05, 0.1) is 0 Å². The molecule has 0 amide bonds. The first-order valence-corrected chi connectivity index (χ1v) is 10.9. The summed E-state index contributed by atoms with van der Waals surface area (Å²) >= 11 is 0. The smallest absolute Gasteiger partial charge is 0.192 e. The molecule has 0 aromatic rings. The largest absolute Gasteiger partial charge is 0.417 e. The summed E-state index contributed by atoms with van der Waals surface area (Å²) in [4.78, 5) is 0. The molecule has 19 heavy (non-hydrogen) atoms. The summed E-state index contributed by atoms with van der Waals surface area (Å²) in [5.41, 5.74) is 0. The lowest BCUT2D eigenvalue weighted by Gasteiger charge is -2.32. The van der Waals surface area contributed by atoms with Gasteiger partial charge in [0.2, 0.25) is 0 Å². The Bertz CT molecular complexity index is 154. The Morgan fingerprint density at radius 1 is 0.632 bits per heavy atom. The van der Waals surface area contributed by atoms with Crippen LogP contribution < -0.4 is 0 Å². The van der Waals surface area contributed by atoms with E-state index in [0.29, 0.717) is 0 Å². The molecule has 1 nitrogen and oxygen atoms in total. The highest BCUT2D eigenvalue weighted by Crippen LogP contribution is 2.29. The minimum atomic E-state index is -1.40. The minimum Gasteiger partial charge on any atom is -0.417 e. The zero-order chi connectivity index (χ0) is 13.7. The van der Waals surface area contributed by atoms with Crippen molar-refractivity contribution < 1.29 is 4.43 Å². The third kappa shape index (κ3) is 11.0. The molecule has 0 radical (unpaired) electrons. The molecule has 0 aromatic carbocycles. The van der Waals surface area contributed by atoms with Crippen LogP contribution in [0.15, 0.2) is 0 Å². The zero-order valence-corrected chi connectivity index (χ0v) is 16.5. The van der Waals surface area contributed by atoms with Crippen LogP contribution in [0.25, 0.3) is 0 Å². The van der Waals surface area contributed by atoms with Crippen LogP contribution in [0.5, 0.6) is 0 Å². The van der Waals surface area contributed by atoms with Crippen LogP contribution in [0.3, 0.4) is 0 Å². The van der Waals surface area contributed by atoms with Gasteiger partial charge in [0, 0.05) is 6.61 Å².